The van der Waals surface area contributed by atoms with Crippen molar-refractivity contribution in [1.29, 1.82) is 0 Å². The van der Waals surface area contributed by atoms with E-state index in [1.807, 2.05) is 6.08 Å². The summed E-state index contributed by atoms with van der Waals surface area (Å²) in [6.07, 6.45) is 17.9. The molecule has 0 spiro atoms. The molecule has 0 atom stereocenters. The first-order valence-electron chi connectivity index (χ1n) is 11.2. The van der Waals surface area contributed by atoms with Gasteiger partial charge in [0.2, 0.25) is 0 Å². The van der Waals surface area contributed by atoms with Gasteiger partial charge in [0.1, 0.15) is 11.3 Å². The van der Waals surface area contributed by atoms with Gasteiger partial charge in [-0.05, 0) is 56.6 Å². The second kappa shape index (κ2) is 11.7. The van der Waals surface area contributed by atoms with Gasteiger partial charge in [-0.2, -0.15) is 0 Å². The Morgan fingerprint density at radius 3 is 2.43 bits per heavy atom. The molecular formula is C25H35NO2. The molecule has 1 heterocycles. The number of aromatic nitrogens is 1. The highest BCUT2D eigenvalue weighted by atomic mass is 16.5. The number of allylic oxidation sites excluding steroid dienone is 1. The Morgan fingerprint density at radius 2 is 1.68 bits per heavy atom. The fraction of sp³-hybridized carbons (Fsp3) is 0.560. The highest BCUT2D eigenvalue weighted by Gasteiger charge is 2.22. The molecule has 0 bridgehead atoms. The fourth-order valence-corrected chi connectivity index (χ4v) is 3.61. The van der Waals surface area contributed by atoms with Gasteiger partial charge in [0, 0.05) is 11.1 Å². The molecule has 0 unspecified atom stereocenters. The molecule has 28 heavy (non-hydrogen) atoms. The third-order valence-electron chi connectivity index (χ3n) is 5.57. The number of aryl methyl sites for hydroxylation is 1. The predicted octanol–water partition coefficient (Wildman–Crippen LogP) is 7.15. The van der Waals surface area contributed by atoms with E-state index in [2.05, 4.69) is 30.3 Å². The normalized spacial score (nSPS) is 14.1. The first kappa shape index (κ1) is 20.7. The van der Waals surface area contributed by atoms with E-state index in [9.17, 15) is 0 Å². The molecule has 0 radical (unpaired) electrons. The van der Waals surface area contributed by atoms with Crippen molar-refractivity contribution in [2.75, 3.05) is 6.61 Å². The van der Waals surface area contributed by atoms with Gasteiger partial charge in [0.05, 0.1) is 12.9 Å². The lowest BCUT2D eigenvalue weighted by Gasteiger charge is -2.09. The van der Waals surface area contributed by atoms with Crippen molar-refractivity contribution in [2.45, 2.75) is 77.0 Å². The van der Waals surface area contributed by atoms with Crippen LogP contribution in [0.3, 0.4) is 0 Å². The van der Waals surface area contributed by atoms with Gasteiger partial charge in [-0.3, -0.25) is 0 Å². The molecule has 1 aliphatic rings. The highest BCUT2D eigenvalue weighted by molar-refractivity contribution is 5.84. The van der Waals surface area contributed by atoms with Crippen LogP contribution in [0.15, 0.2) is 42.7 Å². The lowest BCUT2D eigenvalue weighted by atomic mass is 10.1. The van der Waals surface area contributed by atoms with Crippen LogP contribution in [-0.2, 0) is 6.42 Å². The van der Waals surface area contributed by atoms with E-state index >= 15 is 0 Å². The average Bonchev–Trinajstić information content (AvgIpc) is 3.55. The molecule has 0 aliphatic heterocycles. The third kappa shape index (κ3) is 7.18. The van der Waals surface area contributed by atoms with Crippen LogP contribution in [0.2, 0.25) is 0 Å². The minimum Gasteiger partial charge on any atom is -0.516 e. The number of aliphatic hydroxyl groups excluding tert-OH is 1. The van der Waals surface area contributed by atoms with Crippen molar-refractivity contribution in [3.05, 3.63) is 48.4 Å². The SMILES string of the molecule is OC=CCCCCCCCCCCc1ccc2cccc(OCC3CC3)c2n1. The number of ether oxygens (including phenoxy) is 1. The molecule has 1 fully saturated rings. The quantitative estimate of drug-likeness (QED) is 0.279. The number of fused-ring (bicyclic) bond motifs is 1. The topological polar surface area (TPSA) is 42.4 Å². The Kier molecular flexibility index (Phi) is 8.67. The van der Waals surface area contributed by atoms with E-state index in [0.29, 0.717) is 0 Å². The first-order valence-corrected chi connectivity index (χ1v) is 11.2. The lowest BCUT2D eigenvalue weighted by Crippen LogP contribution is -2.01. The Morgan fingerprint density at radius 1 is 0.929 bits per heavy atom. The number of unbranched alkanes of at least 4 members (excludes halogenated alkanes) is 8. The molecule has 3 rings (SSSR count). The number of rotatable bonds is 14. The zero-order valence-corrected chi connectivity index (χ0v) is 17.1. The molecule has 152 valence electrons. The maximum Gasteiger partial charge on any atom is 0.145 e. The average molecular weight is 382 g/mol. The van der Waals surface area contributed by atoms with Crippen molar-refractivity contribution in [3.8, 4) is 5.75 Å². The maximum atomic E-state index is 8.59. The van der Waals surface area contributed by atoms with Crippen molar-refractivity contribution < 1.29 is 9.84 Å². The standard InChI is InChI=1S/C25H35NO2/c27-19-10-8-6-4-2-1-3-5-7-9-13-23-18-17-22-12-11-14-24(25(22)26-23)28-20-21-15-16-21/h10-12,14,17-19,21,27H,1-9,13,15-16,20H2. The van der Waals surface area contributed by atoms with Crippen LogP contribution in [0.1, 0.15) is 76.3 Å². The summed E-state index contributed by atoms with van der Waals surface area (Å²) in [5.41, 5.74) is 2.21. The van der Waals surface area contributed by atoms with Crippen LogP contribution in [0.25, 0.3) is 10.9 Å². The van der Waals surface area contributed by atoms with Crippen molar-refractivity contribution in [1.82, 2.24) is 4.98 Å². The van der Waals surface area contributed by atoms with E-state index in [1.165, 1.54) is 75.3 Å². The smallest absolute Gasteiger partial charge is 0.145 e. The van der Waals surface area contributed by atoms with E-state index in [0.717, 1.165) is 42.9 Å². The first-order chi connectivity index (χ1) is 13.9. The fourth-order valence-electron chi connectivity index (χ4n) is 3.61. The molecule has 1 aromatic heterocycles. The van der Waals surface area contributed by atoms with Crippen LogP contribution in [0.5, 0.6) is 5.75 Å². The van der Waals surface area contributed by atoms with Gasteiger partial charge >= 0.3 is 0 Å². The van der Waals surface area contributed by atoms with Crippen molar-refractivity contribution in [2.24, 2.45) is 5.92 Å². The van der Waals surface area contributed by atoms with E-state index < -0.39 is 0 Å². The third-order valence-corrected chi connectivity index (χ3v) is 5.57. The second-order valence-corrected chi connectivity index (χ2v) is 8.14. The minimum atomic E-state index is 0.760. The summed E-state index contributed by atoms with van der Waals surface area (Å²) in [6, 6.07) is 10.6. The van der Waals surface area contributed by atoms with Gasteiger partial charge < -0.3 is 9.84 Å². The summed E-state index contributed by atoms with van der Waals surface area (Å²) in [5.74, 6) is 1.71. The van der Waals surface area contributed by atoms with Gasteiger partial charge in [0.15, 0.2) is 0 Å². The van der Waals surface area contributed by atoms with Gasteiger partial charge in [-0.15, -0.1) is 0 Å². The Bertz CT molecular complexity index is 736. The molecule has 0 saturated heterocycles. The lowest BCUT2D eigenvalue weighted by molar-refractivity contribution is 0.302. The van der Waals surface area contributed by atoms with Crippen LogP contribution in [0, 0.1) is 5.92 Å². The molecule has 1 saturated carbocycles. The molecule has 3 nitrogen and oxygen atoms in total. The summed E-state index contributed by atoms with van der Waals surface area (Å²) in [4.78, 5) is 4.91. The molecule has 2 aromatic rings. The van der Waals surface area contributed by atoms with Crippen LogP contribution in [-0.4, -0.2) is 16.7 Å². The molecule has 1 aromatic carbocycles. The number of benzene rings is 1. The minimum absolute atomic E-state index is 0.760. The van der Waals surface area contributed by atoms with Crippen molar-refractivity contribution >= 4 is 10.9 Å². The number of aliphatic hydroxyl groups is 1. The van der Waals surface area contributed by atoms with Crippen LogP contribution < -0.4 is 4.74 Å². The van der Waals surface area contributed by atoms with E-state index in [4.69, 9.17) is 14.8 Å². The number of nitrogens with zero attached hydrogens (tertiary/aromatic N) is 1. The summed E-state index contributed by atoms with van der Waals surface area (Å²) >= 11 is 0. The van der Waals surface area contributed by atoms with Crippen molar-refractivity contribution in [3.63, 3.8) is 0 Å². The second-order valence-electron chi connectivity index (χ2n) is 8.14. The summed E-state index contributed by atoms with van der Waals surface area (Å²) in [6.45, 7) is 0.836. The molecule has 1 N–H and O–H groups in total. The van der Waals surface area contributed by atoms with E-state index in [1.54, 1.807) is 0 Å². The molecule has 3 heteroatoms. The maximum absolute atomic E-state index is 8.59. The number of pyridine rings is 1. The molecule has 1 aliphatic carbocycles. The summed E-state index contributed by atoms with van der Waals surface area (Å²) in [5, 5.41) is 9.76. The number of para-hydroxylation sites is 1. The largest absolute Gasteiger partial charge is 0.516 e. The monoisotopic (exact) mass is 381 g/mol. The van der Waals surface area contributed by atoms with Gasteiger partial charge in [0.25, 0.3) is 0 Å². The zero-order valence-electron chi connectivity index (χ0n) is 17.1. The summed E-state index contributed by atoms with van der Waals surface area (Å²) < 4.78 is 6.03. The number of hydrogen-bond donors (Lipinski definition) is 1. The summed E-state index contributed by atoms with van der Waals surface area (Å²) in [7, 11) is 0. The Labute approximate surface area is 169 Å². The van der Waals surface area contributed by atoms with Gasteiger partial charge in [-0.1, -0.05) is 62.8 Å². The Hall–Kier alpha value is -2.03. The van der Waals surface area contributed by atoms with Gasteiger partial charge in [-0.25, -0.2) is 4.98 Å². The number of hydrogen-bond acceptors (Lipinski definition) is 3. The van der Waals surface area contributed by atoms with Crippen LogP contribution >= 0.6 is 0 Å². The van der Waals surface area contributed by atoms with Crippen LogP contribution in [0.4, 0.5) is 0 Å². The predicted molar refractivity (Wildman–Crippen MR) is 117 cm³/mol. The Balaban J connectivity index is 1.34. The zero-order chi connectivity index (χ0) is 19.4. The highest BCUT2D eigenvalue weighted by Crippen LogP contribution is 2.31. The molecule has 0 amide bonds. The molecular weight excluding hydrogens is 346 g/mol. The van der Waals surface area contributed by atoms with E-state index in [-0.39, 0.29) is 0 Å².